The molecule has 0 aliphatic rings. The second-order valence-corrected chi connectivity index (χ2v) is 6.88. The maximum Gasteiger partial charge on any atom is 0.235 e. The normalized spacial score (nSPS) is 11.1. The number of fused-ring (bicyclic) bond motifs is 1. The van der Waals surface area contributed by atoms with Crippen molar-refractivity contribution < 1.29 is 4.74 Å². The van der Waals surface area contributed by atoms with Crippen LogP contribution in [0, 0.1) is 0 Å². The van der Waals surface area contributed by atoms with Crippen LogP contribution in [0.25, 0.3) is 16.3 Å². The van der Waals surface area contributed by atoms with Crippen LogP contribution in [0.15, 0.2) is 48.5 Å². The van der Waals surface area contributed by atoms with E-state index in [1.165, 1.54) is 11.3 Å². The van der Waals surface area contributed by atoms with E-state index in [0.29, 0.717) is 27.4 Å². The van der Waals surface area contributed by atoms with Crippen LogP contribution in [-0.4, -0.2) is 19.8 Å². The van der Waals surface area contributed by atoms with Crippen molar-refractivity contribution in [3.05, 3.63) is 63.6 Å². The summed E-state index contributed by atoms with van der Waals surface area (Å²) >= 11 is 13.3. The highest BCUT2D eigenvalue weighted by Gasteiger charge is 2.14. The average Bonchev–Trinajstić information content (AvgIpc) is 3.14. The van der Waals surface area contributed by atoms with Gasteiger partial charge in [0.15, 0.2) is 10.8 Å². The maximum atomic E-state index is 6.04. The van der Waals surface area contributed by atoms with Crippen molar-refractivity contribution in [2.75, 3.05) is 0 Å². The van der Waals surface area contributed by atoms with Gasteiger partial charge in [0, 0.05) is 15.6 Å². The molecule has 2 aromatic carbocycles. The smallest absolute Gasteiger partial charge is 0.235 e. The van der Waals surface area contributed by atoms with Crippen LogP contribution in [-0.2, 0) is 6.61 Å². The second-order valence-electron chi connectivity index (χ2n) is 4.97. The molecule has 0 spiro atoms. The van der Waals surface area contributed by atoms with Gasteiger partial charge in [-0.1, -0.05) is 46.7 Å². The summed E-state index contributed by atoms with van der Waals surface area (Å²) in [4.78, 5) is 0.708. The minimum absolute atomic E-state index is 0.352. The molecule has 0 N–H and O–H groups in total. The molecule has 2 heterocycles. The molecule has 120 valence electrons. The molecule has 24 heavy (non-hydrogen) atoms. The van der Waals surface area contributed by atoms with Crippen LogP contribution in [0.5, 0.6) is 5.75 Å². The SMILES string of the molecule is Clc1ccc(OCc2nn3c(-c4cccc(Cl)c4)nnc3s2)cc1. The Balaban J connectivity index is 1.59. The van der Waals surface area contributed by atoms with Gasteiger partial charge < -0.3 is 4.74 Å². The predicted molar refractivity (Wildman–Crippen MR) is 94.9 cm³/mol. The van der Waals surface area contributed by atoms with Gasteiger partial charge in [-0.05, 0) is 36.4 Å². The van der Waals surface area contributed by atoms with Gasteiger partial charge in [0.05, 0.1) is 0 Å². The molecule has 0 bridgehead atoms. The first-order valence-corrected chi connectivity index (χ1v) is 8.62. The number of hydrogen-bond donors (Lipinski definition) is 0. The summed E-state index contributed by atoms with van der Waals surface area (Å²) in [6.07, 6.45) is 0. The highest BCUT2D eigenvalue weighted by Crippen LogP contribution is 2.24. The van der Waals surface area contributed by atoms with Gasteiger partial charge in [-0.25, -0.2) is 0 Å². The standard InChI is InChI=1S/C16H10Cl2N4OS/c17-11-4-6-13(7-5-11)23-9-14-21-22-15(19-20-16(22)24-14)10-2-1-3-12(18)8-10/h1-8H,9H2. The molecular weight excluding hydrogens is 367 g/mol. The molecule has 4 rings (SSSR count). The van der Waals surface area contributed by atoms with Gasteiger partial charge in [-0.2, -0.15) is 9.61 Å². The van der Waals surface area contributed by atoms with Crippen LogP contribution in [0.3, 0.4) is 0 Å². The molecule has 0 amide bonds. The molecule has 0 radical (unpaired) electrons. The number of benzene rings is 2. The molecule has 0 atom stereocenters. The zero-order chi connectivity index (χ0) is 16.5. The lowest BCUT2D eigenvalue weighted by Crippen LogP contribution is -1.97. The Kier molecular flexibility index (Phi) is 4.10. The van der Waals surface area contributed by atoms with Crippen molar-refractivity contribution in [3.63, 3.8) is 0 Å². The minimum Gasteiger partial charge on any atom is -0.486 e. The monoisotopic (exact) mass is 376 g/mol. The minimum atomic E-state index is 0.352. The summed E-state index contributed by atoms with van der Waals surface area (Å²) in [5.41, 5.74) is 0.866. The predicted octanol–water partition coefficient (Wildman–Crippen LogP) is 4.74. The van der Waals surface area contributed by atoms with Crippen molar-refractivity contribution in [1.82, 2.24) is 19.8 Å². The molecule has 4 aromatic rings. The van der Waals surface area contributed by atoms with Gasteiger partial charge >= 0.3 is 0 Å². The van der Waals surface area contributed by atoms with E-state index in [9.17, 15) is 0 Å². The average molecular weight is 377 g/mol. The van der Waals surface area contributed by atoms with Gasteiger partial charge in [0.1, 0.15) is 12.4 Å². The first kappa shape index (κ1) is 15.4. The van der Waals surface area contributed by atoms with Gasteiger partial charge in [-0.15, -0.1) is 10.2 Å². The van der Waals surface area contributed by atoms with Crippen LogP contribution in [0.1, 0.15) is 5.01 Å². The van der Waals surface area contributed by atoms with Crippen LogP contribution in [0.4, 0.5) is 0 Å². The summed E-state index contributed by atoms with van der Waals surface area (Å²) in [7, 11) is 0. The number of ether oxygens (including phenoxy) is 1. The van der Waals surface area contributed by atoms with E-state index in [0.717, 1.165) is 16.3 Å². The Hall–Kier alpha value is -2.15. The van der Waals surface area contributed by atoms with Crippen molar-refractivity contribution in [2.45, 2.75) is 6.61 Å². The van der Waals surface area contributed by atoms with Crippen LogP contribution in [0.2, 0.25) is 10.0 Å². The molecule has 5 nitrogen and oxygen atoms in total. The lowest BCUT2D eigenvalue weighted by molar-refractivity contribution is 0.304. The fraction of sp³-hybridized carbons (Fsp3) is 0.0625. The topological polar surface area (TPSA) is 52.3 Å². The fourth-order valence-corrected chi connectivity index (χ4v) is 3.26. The van der Waals surface area contributed by atoms with Gasteiger partial charge in [0.25, 0.3) is 0 Å². The zero-order valence-electron chi connectivity index (χ0n) is 12.2. The molecule has 0 saturated heterocycles. The summed E-state index contributed by atoms with van der Waals surface area (Å²) in [5, 5.41) is 15.0. The molecule has 8 heteroatoms. The third-order valence-electron chi connectivity index (χ3n) is 3.29. The second kappa shape index (κ2) is 6.39. The zero-order valence-corrected chi connectivity index (χ0v) is 14.5. The third kappa shape index (κ3) is 3.08. The number of hydrogen-bond acceptors (Lipinski definition) is 5. The Morgan fingerprint density at radius 2 is 1.83 bits per heavy atom. The quantitative estimate of drug-likeness (QED) is 0.516. The van der Waals surface area contributed by atoms with E-state index in [-0.39, 0.29) is 0 Å². The molecule has 2 aromatic heterocycles. The Bertz CT molecular complexity index is 997. The summed E-state index contributed by atoms with van der Waals surface area (Å²) in [6.45, 7) is 0.352. The molecule has 0 aliphatic carbocycles. The van der Waals surface area contributed by atoms with E-state index in [4.69, 9.17) is 27.9 Å². The number of halogens is 2. The molecule has 0 aliphatic heterocycles. The lowest BCUT2D eigenvalue weighted by Gasteiger charge is -2.03. The molecule has 0 saturated carbocycles. The molecule has 0 unspecified atom stereocenters. The first-order chi connectivity index (χ1) is 11.7. The first-order valence-electron chi connectivity index (χ1n) is 7.04. The van der Waals surface area contributed by atoms with Crippen molar-refractivity contribution in [2.24, 2.45) is 0 Å². The van der Waals surface area contributed by atoms with E-state index in [1.54, 1.807) is 16.6 Å². The van der Waals surface area contributed by atoms with Gasteiger partial charge in [0.2, 0.25) is 4.96 Å². The van der Waals surface area contributed by atoms with Gasteiger partial charge in [-0.3, -0.25) is 0 Å². The molecule has 0 fully saturated rings. The third-order valence-corrected chi connectivity index (χ3v) is 4.65. The highest BCUT2D eigenvalue weighted by molar-refractivity contribution is 7.16. The van der Waals surface area contributed by atoms with E-state index in [1.807, 2.05) is 36.4 Å². The van der Waals surface area contributed by atoms with Crippen molar-refractivity contribution in [1.29, 1.82) is 0 Å². The number of rotatable bonds is 4. The number of nitrogens with zero attached hydrogens (tertiary/aromatic N) is 4. The summed E-state index contributed by atoms with van der Waals surface area (Å²) in [6, 6.07) is 14.7. The van der Waals surface area contributed by atoms with E-state index < -0.39 is 0 Å². The highest BCUT2D eigenvalue weighted by atomic mass is 35.5. The Morgan fingerprint density at radius 1 is 1.00 bits per heavy atom. The summed E-state index contributed by atoms with van der Waals surface area (Å²) in [5.74, 6) is 1.39. The van der Waals surface area contributed by atoms with Crippen LogP contribution >= 0.6 is 34.5 Å². The lowest BCUT2D eigenvalue weighted by atomic mass is 10.2. The summed E-state index contributed by atoms with van der Waals surface area (Å²) < 4.78 is 7.42. The largest absolute Gasteiger partial charge is 0.486 e. The van der Waals surface area contributed by atoms with E-state index in [2.05, 4.69) is 15.3 Å². The Labute approximate surface area is 151 Å². The van der Waals surface area contributed by atoms with Crippen molar-refractivity contribution in [3.8, 4) is 17.1 Å². The van der Waals surface area contributed by atoms with Crippen LogP contribution < -0.4 is 4.74 Å². The Morgan fingerprint density at radius 3 is 2.62 bits per heavy atom. The molecular formula is C16H10Cl2N4OS. The maximum absolute atomic E-state index is 6.04. The fourth-order valence-electron chi connectivity index (χ4n) is 2.20. The number of aromatic nitrogens is 4. The van der Waals surface area contributed by atoms with E-state index >= 15 is 0 Å². The van der Waals surface area contributed by atoms with Crippen molar-refractivity contribution >= 4 is 39.5 Å².